The Bertz CT molecular complexity index is 551. The molecule has 1 aliphatic rings. The molecule has 0 bridgehead atoms. The minimum absolute atomic E-state index is 0.0231. The molecule has 1 amide bonds. The van der Waals surface area contributed by atoms with Gasteiger partial charge < -0.3 is 5.32 Å². The van der Waals surface area contributed by atoms with Gasteiger partial charge in [-0.15, -0.1) is 0 Å². The van der Waals surface area contributed by atoms with Gasteiger partial charge in [0.25, 0.3) is 0 Å². The summed E-state index contributed by atoms with van der Waals surface area (Å²) in [4.78, 5) is 12.0. The first-order valence-corrected chi connectivity index (χ1v) is 7.87. The molecule has 1 unspecified atom stereocenters. The second kappa shape index (κ2) is 5.10. The molecule has 1 aromatic carbocycles. The summed E-state index contributed by atoms with van der Waals surface area (Å²) >= 11 is 0. The summed E-state index contributed by atoms with van der Waals surface area (Å²) in [7, 11) is -3.04. The zero-order chi connectivity index (χ0) is 13.2. The molecule has 1 fully saturated rings. The van der Waals surface area contributed by atoms with Gasteiger partial charge in [-0.3, -0.25) is 4.79 Å². The van der Waals surface area contributed by atoms with Gasteiger partial charge in [0, 0.05) is 5.69 Å². The average Bonchev–Trinajstić information content (AvgIpc) is 2.31. The number of hydrogen-bond acceptors (Lipinski definition) is 3. The largest absolute Gasteiger partial charge is 0.326 e. The molecule has 0 spiro atoms. The summed E-state index contributed by atoms with van der Waals surface area (Å²) in [5, 5.41) is 2.81. The molecule has 2 rings (SSSR count). The van der Waals surface area contributed by atoms with Crippen molar-refractivity contribution in [3.05, 3.63) is 29.8 Å². The van der Waals surface area contributed by atoms with Gasteiger partial charge in [0.2, 0.25) is 5.91 Å². The van der Waals surface area contributed by atoms with E-state index in [2.05, 4.69) is 5.32 Å². The third kappa shape index (κ3) is 3.10. The summed E-state index contributed by atoms with van der Waals surface area (Å²) in [6, 6.07) is 7.48. The monoisotopic (exact) mass is 267 g/mol. The SMILES string of the molecule is Cc1ccccc1NC(=O)C1CCCS(=O)(=O)C1. The second-order valence-corrected chi connectivity index (χ2v) is 6.99. The van der Waals surface area contributed by atoms with Crippen LogP contribution in [0.15, 0.2) is 24.3 Å². The van der Waals surface area contributed by atoms with Crippen molar-refractivity contribution in [1.29, 1.82) is 0 Å². The zero-order valence-electron chi connectivity index (χ0n) is 10.3. The standard InChI is InChI=1S/C13H17NO3S/c1-10-5-2-3-7-12(10)14-13(15)11-6-4-8-18(16,17)9-11/h2-3,5,7,11H,4,6,8-9H2,1H3,(H,14,15). The Balaban J connectivity index is 2.07. The lowest BCUT2D eigenvalue weighted by Gasteiger charge is -2.21. The van der Waals surface area contributed by atoms with Crippen molar-refractivity contribution in [3.63, 3.8) is 0 Å². The quantitative estimate of drug-likeness (QED) is 0.888. The fourth-order valence-corrected chi connectivity index (χ4v) is 3.88. The van der Waals surface area contributed by atoms with Crippen LogP contribution in [0.25, 0.3) is 0 Å². The first kappa shape index (κ1) is 13.1. The smallest absolute Gasteiger partial charge is 0.228 e. The highest BCUT2D eigenvalue weighted by molar-refractivity contribution is 7.91. The molecule has 0 aromatic heterocycles. The highest BCUT2D eigenvalue weighted by atomic mass is 32.2. The lowest BCUT2D eigenvalue weighted by atomic mass is 10.0. The van der Waals surface area contributed by atoms with E-state index in [1.165, 1.54) is 0 Å². The fraction of sp³-hybridized carbons (Fsp3) is 0.462. The molecule has 1 atom stereocenters. The van der Waals surface area contributed by atoms with Crippen LogP contribution >= 0.6 is 0 Å². The van der Waals surface area contributed by atoms with Gasteiger partial charge in [0.1, 0.15) is 0 Å². The molecule has 5 heteroatoms. The molecule has 1 heterocycles. The van der Waals surface area contributed by atoms with Crippen LogP contribution in [0.5, 0.6) is 0 Å². The molecular formula is C13H17NO3S. The molecule has 1 aromatic rings. The lowest BCUT2D eigenvalue weighted by molar-refractivity contribution is -0.119. The second-order valence-electron chi connectivity index (χ2n) is 4.76. The number of benzene rings is 1. The number of rotatable bonds is 2. The van der Waals surface area contributed by atoms with Crippen molar-refractivity contribution >= 4 is 21.4 Å². The predicted molar refractivity (Wildman–Crippen MR) is 71.2 cm³/mol. The van der Waals surface area contributed by atoms with Gasteiger partial charge in [0.15, 0.2) is 9.84 Å². The Morgan fingerprint density at radius 2 is 2.06 bits per heavy atom. The number of para-hydroxylation sites is 1. The van der Waals surface area contributed by atoms with Crippen LogP contribution in [0.3, 0.4) is 0 Å². The maximum absolute atomic E-state index is 12.0. The normalized spacial score (nSPS) is 22.4. The van der Waals surface area contributed by atoms with E-state index < -0.39 is 15.8 Å². The van der Waals surface area contributed by atoms with E-state index in [1.807, 2.05) is 31.2 Å². The molecule has 98 valence electrons. The van der Waals surface area contributed by atoms with Crippen LogP contribution in [0.1, 0.15) is 18.4 Å². The first-order chi connectivity index (χ1) is 8.48. The van der Waals surface area contributed by atoms with Crippen LogP contribution in [-0.2, 0) is 14.6 Å². The van der Waals surface area contributed by atoms with E-state index >= 15 is 0 Å². The van der Waals surface area contributed by atoms with Gasteiger partial charge in [0.05, 0.1) is 17.4 Å². The number of anilines is 1. The molecule has 4 nitrogen and oxygen atoms in total. The minimum atomic E-state index is -3.04. The van der Waals surface area contributed by atoms with Crippen LogP contribution in [0.2, 0.25) is 0 Å². The Labute approximate surface area is 107 Å². The number of sulfone groups is 1. The molecular weight excluding hydrogens is 250 g/mol. The van der Waals surface area contributed by atoms with E-state index in [0.717, 1.165) is 11.3 Å². The van der Waals surface area contributed by atoms with Crippen molar-refractivity contribution in [2.45, 2.75) is 19.8 Å². The van der Waals surface area contributed by atoms with Gasteiger partial charge in [-0.2, -0.15) is 0 Å². The van der Waals surface area contributed by atoms with Gasteiger partial charge in [-0.25, -0.2) is 8.42 Å². The van der Waals surface area contributed by atoms with E-state index in [9.17, 15) is 13.2 Å². The molecule has 0 aliphatic carbocycles. The highest BCUT2D eigenvalue weighted by Gasteiger charge is 2.29. The number of carbonyl (C=O) groups excluding carboxylic acids is 1. The van der Waals surface area contributed by atoms with Crippen molar-refractivity contribution < 1.29 is 13.2 Å². The molecule has 0 radical (unpaired) electrons. The number of nitrogens with one attached hydrogen (secondary N) is 1. The first-order valence-electron chi connectivity index (χ1n) is 6.05. The molecule has 1 N–H and O–H groups in total. The molecule has 0 saturated carbocycles. The van der Waals surface area contributed by atoms with Gasteiger partial charge in [-0.1, -0.05) is 18.2 Å². The summed E-state index contributed by atoms with van der Waals surface area (Å²) < 4.78 is 23.0. The lowest BCUT2D eigenvalue weighted by Crippen LogP contribution is -2.34. The third-order valence-corrected chi connectivity index (χ3v) is 5.06. The van der Waals surface area contributed by atoms with Crippen LogP contribution in [0, 0.1) is 12.8 Å². The van der Waals surface area contributed by atoms with Crippen molar-refractivity contribution in [3.8, 4) is 0 Å². The summed E-state index contributed by atoms with van der Waals surface area (Å²) in [6.45, 7) is 1.91. The fourth-order valence-electron chi connectivity index (χ4n) is 2.18. The van der Waals surface area contributed by atoms with E-state index in [1.54, 1.807) is 0 Å². The molecule has 18 heavy (non-hydrogen) atoms. The van der Waals surface area contributed by atoms with E-state index in [-0.39, 0.29) is 17.4 Å². The van der Waals surface area contributed by atoms with Gasteiger partial charge >= 0.3 is 0 Å². The predicted octanol–water partition coefficient (Wildman–Crippen LogP) is 1.76. The minimum Gasteiger partial charge on any atom is -0.326 e. The molecule has 1 aliphatic heterocycles. The number of amides is 1. The van der Waals surface area contributed by atoms with Gasteiger partial charge in [-0.05, 0) is 31.4 Å². The van der Waals surface area contributed by atoms with Crippen molar-refractivity contribution in [2.24, 2.45) is 5.92 Å². The maximum atomic E-state index is 12.0. The number of carbonyl (C=O) groups is 1. The van der Waals surface area contributed by atoms with Crippen molar-refractivity contribution in [2.75, 3.05) is 16.8 Å². The van der Waals surface area contributed by atoms with Crippen LogP contribution in [-0.4, -0.2) is 25.8 Å². The Hall–Kier alpha value is -1.36. The van der Waals surface area contributed by atoms with E-state index in [0.29, 0.717) is 12.8 Å². The summed E-state index contributed by atoms with van der Waals surface area (Å²) in [5.41, 5.74) is 1.73. The van der Waals surface area contributed by atoms with Crippen LogP contribution < -0.4 is 5.32 Å². The number of aryl methyl sites for hydroxylation is 1. The number of hydrogen-bond donors (Lipinski definition) is 1. The zero-order valence-corrected chi connectivity index (χ0v) is 11.2. The highest BCUT2D eigenvalue weighted by Crippen LogP contribution is 2.21. The van der Waals surface area contributed by atoms with Crippen molar-refractivity contribution in [1.82, 2.24) is 0 Å². The average molecular weight is 267 g/mol. The Kier molecular flexibility index (Phi) is 3.71. The van der Waals surface area contributed by atoms with Crippen LogP contribution in [0.4, 0.5) is 5.69 Å². The Morgan fingerprint density at radius 3 is 2.72 bits per heavy atom. The molecule has 1 saturated heterocycles. The Morgan fingerprint density at radius 1 is 1.33 bits per heavy atom. The maximum Gasteiger partial charge on any atom is 0.228 e. The third-order valence-electron chi connectivity index (χ3n) is 3.24. The summed E-state index contributed by atoms with van der Waals surface area (Å²) in [5.74, 6) is -0.415. The topological polar surface area (TPSA) is 63.2 Å². The summed E-state index contributed by atoms with van der Waals surface area (Å²) in [6.07, 6.45) is 1.23. The van der Waals surface area contributed by atoms with E-state index in [4.69, 9.17) is 0 Å².